The van der Waals surface area contributed by atoms with Crippen molar-refractivity contribution in [1.29, 1.82) is 0 Å². The van der Waals surface area contributed by atoms with Gasteiger partial charge in [-0.3, -0.25) is 9.59 Å². The molecule has 98 valence electrons. The number of carbonyl (C=O) groups is 2. The summed E-state index contributed by atoms with van der Waals surface area (Å²) in [7, 11) is 0. The van der Waals surface area contributed by atoms with E-state index < -0.39 is 17.8 Å². The summed E-state index contributed by atoms with van der Waals surface area (Å²) in [5.74, 6) is -1.80. The number of rotatable bonds is 5. The van der Waals surface area contributed by atoms with E-state index in [-0.39, 0.29) is 17.9 Å². The highest BCUT2D eigenvalue weighted by atomic mass is 19.1. The first-order valence-corrected chi connectivity index (χ1v) is 5.74. The molecule has 5 heteroatoms. The summed E-state index contributed by atoms with van der Waals surface area (Å²) >= 11 is 0. The highest BCUT2D eigenvalue weighted by molar-refractivity contribution is 5.94. The van der Waals surface area contributed by atoms with E-state index in [9.17, 15) is 14.0 Å². The monoisotopic (exact) mass is 253 g/mol. The summed E-state index contributed by atoms with van der Waals surface area (Å²) in [6.45, 7) is 3.80. The fourth-order valence-electron chi connectivity index (χ4n) is 1.81. The molecule has 0 aliphatic heterocycles. The fraction of sp³-hybridized carbons (Fsp3) is 0.385. The van der Waals surface area contributed by atoms with Crippen molar-refractivity contribution in [2.75, 3.05) is 6.54 Å². The molecule has 0 saturated heterocycles. The molecule has 1 unspecified atom stereocenters. The zero-order valence-corrected chi connectivity index (χ0v) is 10.4. The molecular weight excluding hydrogens is 237 g/mol. The van der Waals surface area contributed by atoms with Crippen LogP contribution in [0.15, 0.2) is 24.3 Å². The Bertz CT molecular complexity index is 448. The lowest BCUT2D eigenvalue weighted by molar-refractivity contribution is -0.138. The summed E-state index contributed by atoms with van der Waals surface area (Å²) in [6, 6.07) is 4.95. The topological polar surface area (TPSA) is 57.6 Å². The summed E-state index contributed by atoms with van der Waals surface area (Å²) in [4.78, 5) is 24.2. The van der Waals surface area contributed by atoms with Crippen LogP contribution >= 0.6 is 0 Å². The molecule has 0 aromatic heterocycles. The van der Waals surface area contributed by atoms with Crippen LogP contribution in [0.5, 0.6) is 0 Å². The maximum absolute atomic E-state index is 13.0. The molecule has 4 nitrogen and oxygen atoms in total. The average molecular weight is 253 g/mol. The van der Waals surface area contributed by atoms with Crippen molar-refractivity contribution >= 4 is 11.9 Å². The molecule has 0 bridgehead atoms. The number of amides is 1. The van der Waals surface area contributed by atoms with Gasteiger partial charge in [0.15, 0.2) is 0 Å². The number of carboxylic acid groups (broad SMARTS) is 1. The predicted octanol–water partition coefficient (Wildman–Crippen LogP) is 2.15. The molecule has 1 aromatic rings. The second-order valence-corrected chi connectivity index (χ2v) is 4.05. The van der Waals surface area contributed by atoms with E-state index in [1.165, 1.54) is 23.1 Å². The quantitative estimate of drug-likeness (QED) is 0.874. The van der Waals surface area contributed by atoms with E-state index in [2.05, 4.69) is 0 Å². The number of halogens is 1. The molecule has 1 amide bonds. The molecule has 0 radical (unpaired) electrons. The average Bonchev–Trinajstić information content (AvgIpc) is 2.28. The first-order valence-electron chi connectivity index (χ1n) is 5.74. The van der Waals surface area contributed by atoms with Crippen LogP contribution in [0.2, 0.25) is 0 Å². The molecule has 18 heavy (non-hydrogen) atoms. The molecule has 0 spiro atoms. The Morgan fingerprint density at radius 1 is 1.44 bits per heavy atom. The van der Waals surface area contributed by atoms with Crippen molar-refractivity contribution in [3.63, 3.8) is 0 Å². The van der Waals surface area contributed by atoms with Gasteiger partial charge in [-0.2, -0.15) is 0 Å². The van der Waals surface area contributed by atoms with E-state index in [1.807, 2.05) is 0 Å². The molecule has 1 atom stereocenters. The lowest BCUT2D eigenvalue weighted by Crippen LogP contribution is -2.39. The first-order chi connectivity index (χ1) is 8.45. The van der Waals surface area contributed by atoms with E-state index >= 15 is 0 Å². The number of carboxylic acids is 1. The van der Waals surface area contributed by atoms with Crippen LogP contribution in [0.1, 0.15) is 30.6 Å². The number of benzene rings is 1. The molecule has 1 rings (SSSR count). The number of hydrogen-bond donors (Lipinski definition) is 1. The smallest absolute Gasteiger partial charge is 0.305 e. The van der Waals surface area contributed by atoms with Crippen molar-refractivity contribution in [3.05, 3.63) is 35.6 Å². The predicted molar refractivity (Wildman–Crippen MR) is 64.8 cm³/mol. The molecule has 0 saturated carbocycles. The van der Waals surface area contributed by atoms with Gasteiger partial charge >= 0.3 is 5.97 Å². The first kappa shape index (κ1) is 14.2. The van der Waals surface area contributed by atoms with E-state index in [1.54, 1.807) is 13.8 Å². The van der Waals surface area contributed by atoms with Gasteiger partial charge in [0, 0.05) is 18.2 Å². The van der Waals surface area contributed by atoms with Crippen LogP contribution in [-0.4, -0.2) is 34.5 Å². The van der Waals surface area contributed by atoms with Crippen LogP contribution in [0.4, 0.5) is 4.39 Å². The van der Waals surface area contributed by atoms with Gasteiger partial charge in [-0.1, -0.05) is 6.07 Å². The van der Waals surface area contributed by atoms with Crippen LogP contribution in [0.3, 0.4) is 0 Å². The van der Waals surface area contributed by atoms with Crippen LogP contribution < -0.4 is 0 Å². The second-order valence-electron chi connectivity index (χ2n) is 4.05. The standard InChI is InChI=1S/C13H16FNO3/c1-3-15(9(2)7-12(16)17)13(18)10-5-4-6-11(14)8-10/h4-6,8-9H,3,7H2,1-2H3,(H,16,17). The summed E-state index contributed by atoms with van der Waals surface area (Å²) < 4.78 is 13.0. The third-order valence-electron chi connectivity index (χ3n) is 2.68. The Kier molecular flexibility index (Phi) is 4.83. The summed E-state index contributed by atoms with van der Waals surface area (Å²) in [5, 5.41) is 8.73. The van der Waals surface area contributed by atoms with Crippen LogP contribution in [0, 0.1) is 5.82 Å². The van der Waals surface area contributed by atoms with Gasteiger partial charge in [0.25, 0.3) is 5.91 Å². The van der Waals surface area contributed by atoms with Gasteiger partial charge in [-0.05, 0) is 32.0 Å². The van der Waals surface area contributed by atoms with E-state index in [0.29, 0.717) is 6.54 Å². The normalized spacial score (nSPS) is 11.9. The minimum absolute atomic E-state index is 0.130. The Morgan fingerprint density at radius 3 is 2.61 bits per heavy atom. The van der Waals surface area contributed by atoms with E-state index in [4.69, 9.17) is 5.11 Å². The van der Waals surface area contributed by atoms with E-state index in [0.717, 1.165) is 6.07 Å². The Morgan fingerprint density at radius 2 is 2.11 bits per heavy atom. The third kappa shape index (κ3) is 3.55. The van der Waals surface area contributed by atoms with Crippen molar-refractivity contribution < 1.29 is 19.1 Å². The minimum atomic E-state index is -0.965. The Balaban J connectivity index is 2.88. The summed E-state index contributed by atoms with van der Waals surface area (Å²) in [5.41, 5.74) is 0.231. The number of aliphatic carboxylic acids is 1. The number of hydrogen-bond acceptors (Lipinski definition) is 2. The van der Waals surface area contributed by atoms with Crippen molar-refractivity contribution in [2.24, 2.45) is 0 Å². The van der Waals surface area contributed by atoms with Crippen LogP contribution in [0.25, 0.3) is 0 Å². The minimum Gasteiger partial charge on any atom is -0.481 e. The van der Waals surface area contributed by atoms with Crippen molar-refractivity contribution in [3.8, 4) is 0 Å². The molecule has 1 aromatic carbocycles. The number of nitrogens with zero attached hydrogens (tertiary/aromatic N) is 1. The van der Waals surface area contributed by atoms with Gasteiger partial charge < -0.3 is 10.0 Å². The fourth-order valence-corrected chi connectivity index (χ4v) is 1.81. The molecule has 1 N–H and O–H groups in total. The molecule has 0 heterocycles. The Hall–Kier alpha value is -1.91. The van der Waals surface area contributed by atoms with Gasteiger partial charge in [0.2, 0.25) is 0 Å². The third-order valence-corrected chi connectivity index (χ3v) is 2.68. The summed E-state index contributed by atoms with van der Waals surface area (Å²) in [6.07, 6.45) is -0.130. The lowest BCUT2D eigenvalue weighted by atomic mass is 10.1. The van der Waals surface area contributed by atoms with Gasteiger partial charge in [-0.15, -0.1) is 0 Å². The zero-order chi connectivity index (χ0) is 13.7. The van der Waals surface area contributed by atoms with Crippen molar-refractivity contribution in [2.45, 2.75) is 26.3 Å². The van der Waals surface area contributed by atoms with Gasteiger partial charge in [0.05, 0.1) is 6.42 Å². The van der Waals surface area contributed by atoms with Crippen LogP contribution in [-0.2, 0) is 4.79 Å². The highest BCUT2D eigenvalue weighted by Crippen LogP contribution is 2.12. The molecule has 0 aliphatic rings. The highest BCUT2D eigenvalue weighted by Gasteiger charge is 2.22. The second kappa shape index (κ2) is 6.14. The molecule has 0 aliphatic carbocycles. The SMILES string of the molecule is CCN(C(=O)c1cccc(F)c1)C(C)CC(=O)O. The van der Waals surface area contributed by atoms with Gasteiger partial charge in [-0.25, -0.2) is 4.39 Å². The molecule has 0 fully saturated rings. The number of carbonyl (C=O) groups excluding carboxylic acids is 1. The lowest BCUT2D eigenvalue weighted by Gasteiger charge is -2.27. The molecular formula is C13H16FNO3. The van der Waals surface area contributed by atoms with Crippen molar-refractivity contribution in [1.82, 2.24) is 4.90 Å². The van der Waals surface area contributed by atoms with Gasteiger partial charge in [0.1, 0.15) is 5.82 Å². The maximum atomic E-state index is 13.0. The zero-order valence-electron chi connectivity index (χ0n) is 10.4. The maximum Gasteiger partial charge on any atom is 0.305 e. The Labute approximate surface area is 105 Å². The largest absolute Gasteiger partial charge is 0.481 e.